The smallest absolute Gasteiger partial charge is 0.224 e. The Bertz CT molecular complexity index is 301. The Labute approximate surface area is 89.9 Å². The lowest BCUT2D eigenvalue weighted by Crippen LogP contribution is -2.16. The van der Waals surface area contributed by atoms with E-state index in [-0.39, 0.29) is 0 Å². The molecule has 1 atom stereocenters. The molecule has 1 aromatic rings. The van der Waals surface area contributed by atoms with Gasteiger partial charge in [-0.1, -0.05) is 13.3 Å². The van der Waals surface area contributed by atoms with Crippen molar-refractivity contribution in [1.82, 2.24) is 9.97 Å². The van der Waals surface area contributed by atoms with Gasteiger partial charge in [-0.05, 0) is 31.9 Å². The van der Waals surface area contributed by atoms with E-state index in [0.29, 0.717) is 11.3 Å². The first-order valence-corrected chi connectivity index (χ1v) is 5.27. The predicted molar refractivity (Wildman–Crippen MR) is 59.8 cm³/mol. The lowest BCUT2D eigenvalue weighted by Gasteiger charge is -2.14. The second-order valence-corrected chi connectivity index (χ2v) is 3.84. The second kappa shape index (κ2) is 5.15. The zero-order valence-electron chi connectivity index (χ0n) is 8.84. The van der Waals surface area contributed by atoms with Gasteiger partial charge in [-0.3, -0.25) is 0 Å². The molecule has 0 aromatic carbocycles. The predicted octanol–water partition coefficient (Wildman–Crippen LogP) is 3.04. The molecule has 0 aliphatic carbocycles. The van der Waals surface area contributed by atoms with Crippen molar-refractivity contribution in [1.29, 1.82) is 0 Å². The number of rotatable bonds is 4. The maximum atomic E-state index is 5.72. The van der Waals surface area contributed by atoms with Gasteiger partial charge < -0.3 is 5.32 Å². The minimum atomic E-state index is 0.293. The summed E-state index contributed by atoms with van der Waals surface area (Å²) in [6.07, 6.45) is 4.02. The first kappa shape index (κ1) is 11.2. The second-order valence-electron chi connectivity index (χ2n) is 3.50. The fourth-order valence-corrected chi connectivity index (χ4v) is 1.44. The summed E-state index contributed by atoms with van der Waals surface area (Å²) in [5, 5.41) is 3.61. The van der Waals surface area contributed by atoms with Crippen LogP contribution < -0.4 is 5.32 Å². The molecule has 0 bridgehead atoms. The summed E-state index contributed by atoms with van der Waals surface area (Å²) >= 11 is 5.72. The van der Waals surface area contributed by atoms with Gasteiger partial charge in [-0.2, -0.15) is 0 Å². The van der Waals surface area contributed by atoms with Crippen LogP contribution in [0, 0.1) is 6.92 Å². The maximum Gasteiger partial charge on any atom is 0.224 e. The zero-order valence-corrected chi connectivity index (χ0v) is 9.60. The average Bonchev–Trinajstić information content (AvgIpc) is 2.12. The van der Waals surface area contributed by atoms with Crippen molar-refractivity contribution in [2.24, 2.45) is 0 Å². The van der Waals surface area contributed by atoms with Crippen LogP contribution in [-0.2, 0) is 0 Å². The minimum Gasteiger partial charge on any atom is -0.367 e. The molecule has 4 heteroatoms. The minimum absolute atomic E-state index is 0.293. The molecule has 3 nitrogen and oxygen atoms in total. The van der Waals surface area contributed by atoms with Crippen LogP contribution in [-0.4, -0.2) is 16.0 Å². The lowest BCUT2D eigenvalue weighted by molar-refractivity contribution is 0.686. The Kier molecular flexibility index (Phi) is 4.14. The molecule has 0 saturated carbocycles. The van der Waals surface area contributed by atoms with Gasteiger partial charge >= 0.3 is 0 Å². The molecule has 0 saturated heterocycles. The summed E-state index contributed by atoms with van der Waals surface area (Å²) in [5.41, 5.74) is 1.03. The number of nitrogens with zero attached hydrogens (tertiary/aromatic N) is 2. The van der Waals surface area contributed by atoms with Crippen molar-refractivity contribution >= 4 is 17.4 Å². The van der Waals surface area contributed by atoms with E-state index < -0.39 is 0 Å². The Morgan fingerprint density at radius 3 is 2.93 bits per heavy atom. The van der Waals surface area contributed by atoms with E-state index in [9.17, 15) is 0 Å². The molecule has 0 aliphatic heterocycles. The summed E-state index contributed by atoms with van der Waals surface area (Å²) in [6.45, 7) is 6.27. The molecular formula is C10H16ClN3. The highest BCUT2D eigenvalue weighted by Gasteiger charge is 2.05. The van der Waals surface area contributed by atoms with E-state index in [0.717, 1.165) is 24.2 Å². The Morgan fingerprint density at radius 2 is 2.29 bits per heavy atom. The molecule has 0 spiro atoms. The number of nitrogens with one attached hydrogen (secondary N) is 1. The topological polar surface area (TPSA) is 37.8 Å². The summed E-state index contributed by atoms with van der Waals surface area (Å²) in [6, 6.07) is 0.421. The van der Waals surface area contributed by atoms with Crippen LogP contribution in [0.3, 0.4) is 0 Å². The highest BCUT2D eigenvalue weighted by atomic mass is 35.5. The molecule has 0 amide bonds. The van der Waals surface area contributed by atoms with E-state index >= 15 is 0 Å². The van der Waals surface area contributed by atoms with Crippen molar-refractivity contribution in [3.63, 3.8) is 0 Å². The Balaban J connectivity index is 2.70. The van der Waals surface area contributed by atoms with Crippen molar-refractivity contribution in [2.75, 3.05) is 5.32 Å². The molecule has 1 aromatic heterocycles. The van der Waals surface area contributed by atoms with Crippen LogP contribution in [0.5, 0.6) is 0 Å². The van der Waals surface area contributed by atoms with Crippen molar-refractivity contribution in [2.45, 2.75) is 39.7 Å². The van der Waals surface area contributed by atoms with Crippen LogP contribution in [0.1, 0.15) is 32.3 Å². The largest absolute Gasteiger partial charge is 0.367 e. The molecule has 1 N–H and O–H groups in total. The van der Waals surface area contributed by atoms with Crippen LogP contribution in [0.15, 0.2) is 6.20 Å². The summed E-state index contributed by atoms with van der Waals surface area (Å²) in [4.78, 5) is 8.05. The Hall–Kier alpha value is -0.830. The van der Waals surface area contributed by atoms with Gasteiger partial charge in [0.2, 0.25) is 5.28 Å². The fraction of sp³-hybridized carbons (Fsp3) is 0.600. The van der Waals surface area contributed by atoms with E-state index in [2.05, 4.69) is 29.1 Å². The quantitative estimate of drug-likeness (QED) is 0.782. The number of hydrogen-bond acceptors (Lipinski definition) is 3. The zero-order chi connectivity index (χ0) is 10.6. The molecule has 1 heterocycles. The number of halogens is 1. The molecular weight excluding hydrogens is 198 g/mol. The van der Waals surface area contributed by atoms with E-state index in [1.807, 2.05) is 6.92 Å². The normalized spacial score (nSPS) is 12.6. The van der Waals surface area contributed by atoms with Crippen molar-refractivity contribution in [3.8, 4) is 0 Å². The van der Waals surface area contributed by atoms with Gasteiger partial charge in [-0.25, -0.2) is 9.97 Å². The third-order valence-corrected chi connectivity index (χ3v) is 2.23. The monoisotopic (exact) mass is 213 g/mol. The van der Waals surface area contributed by atoms with Crippen molar-refractivity contribution in [3.05, 3.63) is 17.0 Å². The van der Waals surface area contributed by atoms with Crippen LogP contribution in [0.2, 0.25) is 5.28 Å². The standard InChI is InChI=1S/C10H16ClN3/c1-4-5-8(3)13-9-7(2)6-12-10(11)14-9/h6,8H,4-5H2,1-3H3,(H,12,13,14). The highest BCUT2D eigenvalue weighted by molar-refractivity contribution is 6.28. The highest BCUT2D eigenvalue weighted by Crippen LogP contribution is 2.14. The van der Waals surface area contributed by atoms with Crippen LogP contribution in [0.25, 0.3) is 0 Å². The van der Waals surface area contributed by atoms with E-state index in [1.165, 1.54) is 0 Å². The van der Waals surface area contributed by atoms with Gasteiger partial charge in [0.15, 0.2) is 0 Å². The molecule has 78 valence electrons. The first-order chi connectivity index (χ1) is 6.63. The maximum absolute atomic E-state index is 5.72. The van der Waals surface area contributed by atoms with E-state index in [4.69, 9.17) is 11.6 Å². The number of hydrogen-bond donors (Lipinski definition) is 1. The molecule has 1 unspecified atom stereocenters. The van der Waals surface area contributed by atoms with Crippen LogP contribution >= 0.6 is 11.6 Å². The van der Waals surface area contributed by atoms with Gasteiger partial charge in [0, 0.05) is 17.8 Å². The summed E-state index contributed by atoms with van der Waals surface area (Å²) in [7, 11) is 0. The summed E-state index contributed by atoms with van der Waals surface area (Å²) in [5.74, 6) is 0.839. The van der Waals surface area contributed by atoms with Gasteiger partial charge in [-0.15, -0.1) is 0 Å². The Morgan fingerprint density at radius 1 is 1.57 bits per heavy atom. The number of aryl methyl sites for hydroxylation is 1. The van der Waals surface area contributed by atoms with Gasteiger partial charge in [0.25, 0.3) is 0 Å². The first-order valence-electron chi connectivity index (χ1n) is 4.89. The van der Waals surface area contributed by atoms with Crippen molar-refractivity contribution < 1.29 is 0 Å². The number of aromatic nitrogens is 2. The average molecular weight is 214 g/mol. The third-order valence-electron chi connectivity index (χ3n) is 2.05. The van der Waals surface area contributed by atoms with Crippen LogP contribution in [0.4, 0.5) is 5.82 Å². The molecule has 0 fully saturated rings. The molecule has 0 aliphatic rings. The van der Waals surface area contributed by atoms with Gasteiger partial charge in [0.05, 0.1) is 0 Å². The lowest BCUT2D eigenvalue weighted by atomic mass is 10.2. The summed E-state index contributed by atoms with van der Waals surface area (Å²) < 4.78 is 0. The SMILES string of the molecule is CCCC(C)Nc1nc(Cl)ncc1C. The third kappa shape index (κ3) is 3.14. The number of anilines is 1. The molecule has 14 heavy (non-hydrogen) atoms. The van der Waals surface area contributed by atoms with E-state index in [1.54, 1.807) is 6.20 Å². The van der Waals surface area contributed by atoms with Gasteiger partial charge in [0.1, 0.15) is 5.82 Å². The molecule has 1 rings (SSSR count). The molecule has 0 radical (unpaired) electrons. The fourth-order valence-electron chi connectivity index (χ4n) is 1.31.